The molecule has 0 atom stereocenters. The van der Waals surface area contributed by atoms with Gasteiger partial charge in [0.2, 0.25) is 0 Å². The van der Waals surface area contributed by atoms with Gasteiger partial charge in [0.15, 0.2) is 0 Å². The minimum absolute atomic E-state index is 0.0950. The Morgan fingerprint density at radius 2 is 2.10 bits per heavy atom. The third-order valence-corrected chi connectivity index (χ3v) is 3.70. The first kappa shape index (κ1) is 13.3. The van der Waals surface area contributed by atoms with Crippen LogP contribution in [-0.2, 0) is 6.42 Å². The van der Waals surface area contributed by atoms with E-state index in [2.05, 4.69) is 4.98 Å². The van der Waals surface area contributed by atoms with Crippen LogP contribution in [0.25, 0.3) is 0 Å². The average Bonchev–Trinajstić information content (AvgIpc) is 2.90. The van der Waals surface area contributed by atoms with E-state index < -0.39 is 5.97 Å². The van der Waals surface area contributed by atoms with Crippen molar-refractivity contribution >= 4 is 17.6 Å². The van der Waals surface area contributed by atoms with Crippen molar-refractivity contribution in [3.05, 3.63) is 58.9 Å². The highest BCUT2D eigenvalue weighted by molar-refractivity contribution is 6.08. The number of pyridine rings is 1. The first-order chi connectivity index (χ1) is 10.1. The molecule has 0 unspecified atom stereocenters. The molecule has 21 heavy (non-hydrogen) atoms. The Balaban J connectivity index is 1.96. The van der Waals surface area contributed by atoms with E-state index in [0.717, 1.165) is 11.3 Å². The number of benzene rings is 1. The highest BCUT2D eigenvalue weighted by Gasteiger charge is 2.27. The topological polar surface area (TPSA) is 70.5 Å². The number of nitrogens with zero attached hydrogens (tertiary/aromatic N) is 2. The Hall–Kier alpha value is -2.69. The number of amides is 1. The molecule has 0 spiro atoms. The quantitative estimate of drug-likeness (QED) is 0.917. The first-order valence-corrected chi connectivity index (χ1v) is 6.67. The van der Waals surface area contributed by atoms with Gasteiger partial charge in [0, 0.05) is 24.1 Å². The van der Waals surface area contributed by atoms with Crippen LogP contribution in [0.15, 0.2) is 36.5 Å². The lowest BCUT2D eigenvalue weighted by molar-refractivity contribution is 0.0696. The second kappa shape index (κ2) is 5.01. The number of carboxylic acids is 1. The SMILES string of the molecule is Cc1ncccc1C(=O)N1CCc2cc(C(=O)O)ccc21. The summed E-state index contributed by atoms with van der Waals surface area (Å²) in [7, 11) is 0. The zero-order valence-corrected chi connectivity index (χ0v) is 11.5. The van der Waals surface area contributed by atoms with Crippen LogP contribution in [0.4, 0.5) is 5.69 Å². The van der Waals surface area contributed by atoms with Crippen molar-refractivity contribution in [1.82, 2.24) is 4.98 Å². The number of carbonyl (C=O) groups is 2. The minimum atomic E-state index is -0.953. The predicted octanol–water partition coefficient (Wildman–Crippen LogP) is 2.29. The summed E-state index contributed by atoms with van der Waals surface area (Å²) >= 11 is 0. The van der Waals surface area contributed by atoms with Gasteiger partial charge in [-0.15, -0.1) is 0 Å². The molecule has 1 aromatic carbocycles. The van der Waals surface area contributed by atoms with Gasteiger partial charge in [-0.1, -0.05) is 0 Å². The number of fused-ring (bicyclic) bond motifs is 1. The van der Waals surface area contributed by atoms with E-state index in [9.17, 15) is 9.59 Å². The van der Waals surface area contributed by atoms with E-state index in [1.165, 1.54) is 6.07 Å². The van der Waals surface area contributed by atoms with Crippen LogP contribution >= 0.6 is 0 Å². The van der Waals surface area contributed by atoms with Crippen LogP contribution in [0.5, 0.6) is 0 Å². The number of rotatable bonds is 2. The number of aromatic nitrogens is 1. The summed E-state index contributed by atoms with van der Waals surface area (Å²) < 4.78 is 0. The zero-order chi connectivity index (χ0) is 15.0. The number of aryl methyl sites for hydroxylation is 1. The number of carboxylic acid groups (broad SMARTS) is 1. The van der Waals surface area contributed by atoms with Gasteiger partial charge in [0.1, 0.15) is 0 Å². The van der Waals surface area contributed by atoms with E-state index >= 15 is 0 Å². The van der Waals surface area contributed by atoms with E-state index in [1.807, 2.05) is 0 Å². The summed E-state index contributed by atoms with van der Waals surface area (Å²) in [6, 6.07) is 8.37. The number of aromatic carboxylic acids is 1. The lowest BCUT2D eigenvalue weighted by atomic mass is 10.1. The van der Waals surface area contributed by atoms with Gasteiger partial charge in [-0.05, 0) is 49.2 Å². The summed E-state index contributed by atoms with van der Waals surface area (Å²) in [5.74, 6) is -1.05. The lowest BCUT2D eigenvalue weighted by Crippen LogP contribution is -2.29. The number of hydrogen-bond acceptors (Lipinski definition) is 3. The normalized spacial score (nSPS) is 13.1. The molecule has 1 aliphatic rings. The summed E-state index contributed by atoms with van der Waals surface area (Å²) in [5.41, 5.74) is 3.20. The van der Waals surface area contributed by atoms with Crippen molar-refractivity contribution in [3.63, 3.8) is 0 Å². The van der Waals surface area contributed by atoms with Crippen molar-refractivity contribution in [3.8, 4) is 0 Å². The lowest BCUT2D eigenvalue weighted by Gasteiger charge is -2.18. The van der Waals surface area contributed by atoms with Crippen LogP contribution < -0.4 is 4.90 Å². The number of hydrogen-bond donors (Lipinski definition) is 1. The summed E-state index contributed by atoms with van der Waals surface area (Å²) in [6.07, 6.45) is 2.32. The smallest absolute Gasteiger partial charge is 0.335 e. The highest BCUT2D eigenvalue weighted by Crippen LogP contribution is 2.30. The van der Waals surface area contributed by atoms with Crippen LogP contribution in [0.2, 0.25) is 0 Å². The summed E-state index contributed by atoms with van der Waals surface area (Å²) in [6.45, 7) is 2.36. The van der Waals surface area contributed by atoms with E-state index in [0.29, 0.717) is 24.2 Å². The molecule has 1 N–H and O–H groups in total. The maximum absolute atomic E-state index is 12.6. The van der Waals surface area contributed by atoms with E-state index in [-0.39, 0.29) is 11.5 Å². The van der Waals surface area contributed by atoms with E-state index in [1.54, 1.807) is 42.3 Å². The molecule has 0 saturated carbocycles. The average molecular weight is 282 g/mol. The van der Waals surface area contributed by atoms with Crippen molar-refractivity contribution in [2.75, 3.05) is 11.4 Å². The molecule has 0 saturated heterocycles. The van der Waals surface area contributed by atoms with Gasteiger partial charge in [-0.25, -0.2) is 4.79 Å². The Bertz CT molecular complexity index is 740. The molecular weight excluding hydrogens is 268 g/mol. The van der Waals surface area contributed by atoms with Gasteiger partial charge >= 0.3 is 5.97 Å². The van der Waals surface area contributed by atoms with Crippen molar-refractivity contribution in [1.29, 1.82) is 0 Å². The second-order valence-corrected chi connectivity index (χ2v) is 4.99. The van der Waals surface area contributed by atoms with Crippen molar-refractivity contribution in [2.45, 2.75) is 13.3 Å². The third-order valence-electron chi connectivity index (χ3n) is 3.70. The molecule has 5 nitrogen and oxygen atoms in total. The maximum atomic E-state index is 12.6. The molecular formula is C16H14N2O3. The Morgan fingerprint density at radius 1 is 1.29 bits per heavy atom. The van der Waals surface area contributed by atoms with Gasteiger partial charge in [-0.2, -0.15) is 0 Å². The summed E-state index contributed by atoms with van der Waals surface area (Å²) in [5, 5.41) is 9.02. The van der Waals surface area contributed by atoms with Crippen molar-refractivity contribution < 1.29 is 14.7 Å². The molecule has 2 aromatic rings. The van der Waals surface area contributed by atoms with E-state index in [4.69, 9.17) is 5.11 Å². The second-order valence-electron chi connectivity index (χ2n) is 4.99. The monoisotopic (exact) mass is 282 g/mol. The Kier molecular flexibility index (Phi) is 3.17. The molecule has 2 heterocycles. The number of anilines is 1. The maximum Gasteiger partial charge on any atom is 0.335 e. The van der Waals surface area contributed by atoms with Crippen LogP contribution in [0, 0.1) is 6.92 Å². The number of carbonyl (C=O) groups excluding carboxylic acids is 1. The molecule has 1 aliphatic heterocycles. The van der Waals surface area contributed by atoms with Crippen LogP contribution in [0.1, 0.15) is 32.0 Å². The molecule has 0 radical (unpaired) electrons. The third kappa shape index (κ3) is 2.27. The minimum Gasteiger partial charge on any atom is -0.478 e. The molecule has 1 aromatic heterocycles. The fourth-order valence-electron chi connectivity index (χ4n) is 2.60. The molecule has 0 fully saturated rings. The van der Waals surface area contributed by atoms with Gasteiger partial charge in [-0.3, -0.25) is 9.78 Å². The molecule has 0 aliphatic carbocycles. The first-order valence-electron chi connectivity index (χ1n) is 6.67. The zero-order valence-electron chi connectivity index (χ0n) is 11.5. The largest absolute Gasteiger partial charge is 0.478 e. The fraction of sp³-hybridized carbons (Fsp3) is 0.188. The van der Waals surface area contributed by atoms with Crippen LogP contribution in [0.3, 0.4) is 0 Å². The Labute approximate surface area is 121 Å². The molecule has 5 heteroatoms. The van der Waals surface area contributed by atoms with Crippen molar-refractivity contribution in [2.24, 2.45) is 0 Å². The summed E-state index contributed by atoms with van der Waals surface area (Å²) in [4.78, 5) is 29.4. The molecule has 106 valence electrons. The molecule has 0 bridgehead atoms. The van der Waals surface area contributed by atoms with Crippen LogP contribution in [-0.4, -0.2) is 28.5 Å². The van der Waals surface area contributed by atoms with Gasteiger partial charge in [0.05, 0.1) is 11.1 Å². The molecule has 1 amide bonds. The highest BCUT2D eigenvalue weighted by atomic mass is 16.4. The Morgan fingerprint density at radius 3 is 2.81 bits per heavy atom. The fourth-order valence-corrected chi connectivity index (χ4v) is 2.60. The van der Waals surface area contributed by atoms with Gasteiger partial charge < -0.3 is 10.0 Å². The van der Waals surface area contributed by atoms with Gasteiger partial charge in [0.25, 0.3) is 5.91 Å². The predicted molar refractivity (Wildman–Crippen MR) is 77.8 cm³/mol. The standard InChI is InChI=1S/C16H14N2O3/c1-10-13(3-2-7-17-10)15(19)18-8-6-11-9-12(16(20)21)4-5-14(11)18/h2-5,7,9H,6,8H2,1H3,(H,20,21). The molecule has 3 rings (SSSR count).